The van der Waals surface area contributed by atoms with E-state index in [0.29, 0.717) is 0 Å². The van der Waals surface area contributed by atoms with Gasteiger partial charge in [-0.25, -0.2) is 0 Å². The van der Waals surface area contributed by atoms with Crippen LogP contribution in [-0.2, 0) is 50.3 Å². The zero-order valence-corrected chi connectivity index (χ0v) is 16.2. The monoisotopic (exact) mass is 352 g/mol. The molecule has 0 heterocycles. The Kier molecular flexibility index (Phi) is 12.3. The van der Waals surface area contributed by atoms with Gasteiger partial charge in [-0.15, -0.1) is 0 Å². The van der Waals surface area contributed by atoms with E-state index in [1.54, 1.807) is 0 Å². The van der Waals surface area contributed by atoms with E-state index in [-0.39, 0.29) is 58.8 Å². The Morgan fingerprint density at radius 1 is 0.864 bits per heavy atom. The summed E-state index contributed by atoms with van der Waals surface area (Å²) in [7, 11) is 0. The third-order valence-electron chi connectivity index (χ3n) is 2.05. The van der Waals surface area contributed by atoms with E-state index in [9.17, 15) is 9.59 Å². The standard InChI is InChI=1S/C15H28O6.Ti/c1-10(2)19-15(20-11(3)4,21-12(5)6)9-18-14(17)8-13(7)16;/h10-12H,8-9H2,1-7H3;. The first kappa shape index (κ1) is 24.0. The molecule has 0 fully saturated rings. The van der Waals surface area contributed by atoms with Gasteiger partial charge in [0.15, 0.2) is 6.61 Å². The predicted molar refractivity (Wildman–Crippen MR) is 77.7 cm³/mol. The van der Waals surface area contributed by atoms with Crippen LogP contribution >= 0.6 is 0 Å². The summed E-state index contributed by atoms with van der Waals surface area (Å²) < 4.78 is 22.2. The maximum atomic E-state index is 11.5. The molecule has 7 heteroatoms. The fourth-order valence-electron chi connectivity index (χ4n) is 1.69. The number of esters is 1. The zero-order valence-electron chi connectivity index (χ0n) is 14.6. The van der Waals surface area contributed by atoms with Crippen LogP contribution in [0.5, 0.6) is 0 Å². The third-order valence-corrected chi connectivity index (χ3v) is 2.05. The fraction of sp³-hybridized carbons (Fsp3) is 0.867. The molecule has 0 aromatic heterocycles. The molecule has 6 nitrogen and oxygen atoms in total. The van der Waals surface area contributed by atoms with E-state index in [4.69, 9.17) is 18.9 Å². The summed E-state index contributed by atoms with van der Waals surface area (Å²) in [5.74, 6) is -2.35. The Balaban J connectivity index is 0. The van der Waals surface area contributed by atoms with Crippen molar-refractivity contribution in [2.24, 2.45) is 0 Å². The number of Topliss-reactive ketones (excluding diaryl/α,β-unsaturated/α-hetero) is 1. The second-order valence-corrected chi connectivity index (χ2v) is 5.72. The molecule has 0 radical (unpaired) electrons. The molecule has 0 amide bonds. The average Bonchev–Trinajstić information content (AvgIpc) is 2.22. The summed E-state index contributed by atoms with van der Waals surface area (Å²) in [4.78, 5) is 22.5. The van der Waals surface area contributed by atoms with E-state index >= 15 is 0 Å². The summed E-state index contributed by atoms with van der Waals surface area (Å²) in [6, 6.07) is 0. The molecule has 0 aliphatic rings. The van der Waals surface area contributed by atoms with Gasteiger partial charge in [-0.1, -0.05) is 0 Å². The number of ketones is 1. The number of carbonyl (C=O) groups excluding carboxylic acids is 2. The molecule has 0 atom stereocenters. The van der Waals surface area contributed by atoms with Crippen LogP contribution in [-0.4, -0.2) is 42.6 Å². The topological polar surface area (TPSA) is 71.1 Å². The minimum absolute atomic E-state index is 0. The molecular formula is C15H28O6Ti. The van der Waals surface area contributed by atoms with Crippen molar-refractivity contribution >= 4 is 11.8 Å². The van der Waals surface area contributed by atoms with Crippen molar-refractivity contribution in [3.63, 3.8) is 0 Å². The predicted octanol–water partition coefficient (Wildman–Crippen LogP) is 2.44. The minimum atomic E-state index is -1.47. The van der Waals surface area contributed by atoms with Gasteiger partial charge in [-0.3, -0.25) is 9.59 Å². The van der Waals surface area contributed by atoms with Crippen molar-refractivity contribution in [3.8, 4) is 0 Å². The van der Waals surface area contributed by atoms with Gasteiger partial charge < -0.3 is 18.9 Å². The second-order valence-electron chi connectivity index (χ2n) is 5.72. The Morgan fingerprint density at radius 2 is 1.23 bits per heavy atom. The van der Waals surface area contributed by atoms with Crippen LogP contribution in [0.2, 0.25) is 0 Å². The first-order valence-electron chi connectivity index (χ1n) is 7.25. The summed E-state index contributed by atoms with van der Waals surface area (Å²) in [6.45, 7) is 12.1. The molecule has 0 saturated carbocycles. The quantitative estimate of drug-likeness (QED) is 0.260. The van der Waals surface area contributed by atoms with Crippen molar-refractivity contribution in [1.29, 1.82) is 0 Å². The molecule has 22 heavy (non-hydrogen) atoms. The van der Waals surface area contributed by atoms with Crippen molar-refractivity contribution in [3.05, 3.63) is 0 Å². The molecule has 0 aliphatic carbocycles. The van der Waals surface area contributed by atoms with Crippen LogP contribution in [0.25, 0.3) is 0 Å². The number of ether oxygens (including phenoxy) is 4. The molecule has 128 valence electrons. The third kappa shape index (κ3) is 11.3. The molecule has 0 N–H and O–H groups in total. The van der Waals surface area contributed by atoms with Crippen molar-refractivity contribution < 1.29 is 50.3 Å². The van der Waals surface area contributed by atoms with Gasteiger partial charge in [0.1, 0.15) is 12.2 Å². The fourth-order valence-corrected chi connectivity index (χ4v) is 1.69. The van der Waals surface area contributed by atoms with Crippen molar-refractivity contribution in [2.45, 2.75) is 79.2 Å². The molecule has 0 spiro atoms. The van der Waals surface area contributed by atoms with Crippen molar-refractivity contribution in [1.82, 2.24) is 0 Å². The maximum absolute atomic E-state index is 11.5. The van der Waals surface area contributed by atoms with Gasteiger partial charge in [0, 0.05) is 21.7 Å². The Bertz CT molecular complexity index is 314. The molecular weight excluding hydrogens is 324 g/mol. The van der Waals surface area contributed by atoms with E-state index in [0.717, 1.165) is 0 Å². The van der Waals surface area contributed by atoms with Gasteiger partial charge in [0.25, 0.3) is 0 Å². The van der Waals surface area contributed by atoms with Crippen LogP contribution in [0.4, 0.5) is 0 Å². The first-order valence-corrected chi connectivity index (χ1v) is 7.25. The van der Waals surface area contributed by atoms with Gasteiger partial charge in [0.05, 0.1) is 18.3 Å². The first-order chi connectivity index (χ1) is 9.56. The van der Waals surface area contributed by atoms with Crippen LogP contribution < -0.4 is 0 Å². The summed E-state index contributed by atoms with van der Waals surface area (Å²) in [6.07, 6.45) is -0.835. The number of hydrogen-bond acceptors (Lipinski definition) is 6. The molecule has 0 aromatic carbocycles. The Morgan fingerprint density at radius 3 is 1.50 bits per heavy atom. The number of rotatable bonds is 10. The zero-order chi connectivity index (χ0) is 16.6. The molecule has 0 unspecified atom stereocenters. The Hall–Kier alpha value is -0.266. The summed E-state index contributed by atoms with van der Waals surface area (Å²) in [5, 5.41) is 0. The summed E-state index contributed by atoms with van der Waals surface area (Å²) >= 11 is 0. The molecule has 0 aliphatic heterocycles. The van der Waals surface area contributed by atoms with E-state index in [1.165, 1.54) is 6.92 Å². The number of carbonyl (C=O) groups is 2. The summed E-state index contributed by atoms with van der Waals surface area (Å²) in [5.41, 5.74) is 0. The van der Waals surface area contributed by atoms with Gasteiger partial charge in [0.2, 0.25) is 0 Å². The molecule has 0 rings (SSSR count). The SMILES string of the molecule is CC(=O)CC(=O)OCC(OC(C)C)(OC(C)C)OC(C)C.[Ti]. The van der Waals surface area contributed by atoms with E-state index in [1.807, 2.05) is 41.5 Å². The maximum Gasteiger partial charge on any atom is 0.320 e. The normalized spacial score (nSPS) is 11.7. The van der Waals surface area contributed by atoms with Crippen LogP contribution in [0.15, 0.2) is 0 Å². The van der Waals surface area contributed by atoms with Gasteiger partial charge >= 0.3 is 11.9 Å². The van der Waals surface area contributed by atoms with Crippen molar-refractivity contribution in [2.75, 3.05) is 6.61 Å². The number of hydrogen-bond donors (Lipinski definition) is 0. The van der Waals surface area contributed by atoms with Crippen LogP contribution in [0.3, 0.4) is 0 Å². The van der Waals surface area contributed by atoms with E-state index < -0.39 is 11.9 Å². The van der Waals surface area contributed by atoms with Crippen LogP contribution in [0, 0.1) is 0 Å². The average molecular weight is 352 g/mol. The van der Waals surface area contributed by atoms with Crippen LogP contribution in [0.1, 0.15) is 54.9 Å². The smallest absolute Gasteiger partial charge is 0.320 e. The second kappa shape index (κ2) is 11.3. The Labute approximate surface area is 148 Å². The minimum Gasteiger partial charge on any atom is -0.457 e. The molecule has 0 aromatic rings. The largest absolute Gasteiger partial charge is 0.457 e. The van der Waals surface area contributed by atoms with Gasteiger partial charge in [-0.05, 0) is 48.5 Å². The van der Waals surface area contributed by atoms with E-state index in [2.05, 4.69) is 0 Å². The molecule has 0 saturated heterocycles. The molecule has 0 bridgehead atoms. The van der Waals surface area contributed by atoms with Gasteiger partial charge in [-0.2, -0.15) is 0 Å².